The van der Waals surface area contributed by atoms with Crippen LogP contribution in [0.5, 0.6) is 5.75 Å². The molecule has 1 fully saturated rings. The van der Waals surface area contributed by atoms with Crippen molar-refractivity contribution in [2.45, 2.75) is 43.0 Å². The number of hydrogen-bond donors (Lipinski definition) is 2. The van der Waals surface area contributed by atoms with Gasteiger partial charge in [0.05, 0.1) is 11.5 Å². The molecule has 1 aliphatic carbocycles. The molecule has 0 saturated heterocycles. The largest absolute Gasteiger partial charge is 0.494 e. The summed E-state index contributed by atoms with van der Waals surface area (Å²) in [5.41, 5.74) is 5.10. The third-order valence-electron chi connectivity index (χ3n) is 3.59. The number of sulfonamides is 1. The number of nitrogens with one attached hydrogen (secondary N) is 1. The van der Waals surface area contributed by atoms with Gasteiger partial charge in [0.1, 0.15) is 5.75 Å². The van der Waals surface area contributed by atoms with E-state index in [-0.39, 0.29) is 10.4 Å². The van der Waals surface area contributed by atoms with Gasteiger partial charge >= 0.3 is 0 Å². The fourth-order valence-electron chi connectivity index (χ4n) is 2.18. The summed E-state index contributed by atoms with van der Waals surface area (Å²) in [5.74, 6) is 0.659. The first-order chi connectivity index (χ1) is 9.45. The highest BCUT2D eigenvalue weighted by atomic mass is 32.2. The van der Waals surface area contributed by atoms with Gasteiger partial charge in [-0.05, 0) is 63.4 Å². The summed E-state index contributed by atoms with van der Waals surface area (Å²) < 4.78 is 32.7. The number of benzene rings is 1. The van der Waals surface area contributed by atoms with E-state index in [2.05, 4.69) is 4.72 Å². The Morgan fingerprint density at radius 2 is 1.95 bits per heavy atom. The second-order valence-electron chi connectivity index (χ2n) is 5.48. The van der Waals surface area contributed by atoms with Gasteiger partial charge in [-0.3, -0.25) is 0 Å². The zero-order valence-electron chi connectivity index (χ0n) is 11.8. The summed E-state index contributed by atoms with van der Waals surface area (Å²) in [6.07, 6.45) is 3.64. The number of rotatable bonds is 7. The summed E-state index contributed by atoms with van der Waals surface area (Å²) >= 11 is 0. The van der Waals surface area contributed by atoms with Crippen molar-refractivity contribution < 1.29 is 13.2 Å². The Morgan fingerprint density at radius 3 is 2.45 bits per heavy atom. The van der Waals surface area contributed by atoms with Crippen LogP contribution in [0.25, 0.3) is 0 Å². The molecule has 0 aliphatic heterocycles. The van der Waals surface area contributed by atoms with E-state index in [4.69, 9.17) is 10.5 Å². The second kappa shape index (κ2) is 6.11. The molecule has 0 amide bonds. The lowest BCUT2D eigenvalue weighted by Crippen LogP contribution is -2.50. The first-order valence-corrected chi connectivity index (χ1v) is 8.40. The highest BCUT2D eigenvalue weighted by molar-refractivity contribution is 7.89. The van der Waals surface area contributed by atoms with Crippen LogP contribution in [0.3, 0.4) is 0 Å². The fraction of sp³-hybridized carbons (Fsp3) is 0.571. The van der Waals surface area contributed by atoms with Crippen LogP contribution in [-0.2, 0) is 10.0 Å². The van der Waals surface area contributed by atoms with Crippen LogP contribution in [0.2, 0.25) is 0 Å². The Morgan fingerprint density at radius 1 is 1.30 bits per heavy atom. The standard InChI is InChI=1S/C14H22N2O3S/c1-14(8-2-9-14)16-20(17,18)13-6-4-12(5-7-13)19-11-3-10-15/h4-7,16H,2-3,8-11,15H2,1H3. The maximum atomic E-state index is 12.2. The molecule has 20 heavy (non-hydrogen) atoms. The minimum absolute atomic E-state index is 0.275. The van der Waals surface area contributed by atoms with E-state index in [1.54, 1.807) is 24.3 Å². The van der Waals surface area contributed by atoms with Crippen molar-refractivity contribution >= 4 is 10.0 Å². The third-order valence-corrected chi connectivity index (χ3v) is 5.24. The summed E-state index contributed by atoms with van der Waals surface area (Å²) in [6.45, 7) is 3.06. The molecule has 0 heterocycles. The van der Waals surface area contributed by atoms with Crippen LogP contribution in [0.4, 0.5) is 0 Å². The van der Waals surface area contributed by atoms with Crippen LogP contribution >= 0.6 is 0 Å². The average Bonchev–Trinajstić information content (AvgIpc) is 2.37. The normalized spacial score (nSPS) is 17.5. The Kier molecular flexibility index (Phi) is 4.67. The topological polar surface area (TPSA) is 81.4 Å². The maximum Gasteiger partial charge on any atom is 0.241 e. The highest BCUT2D eigenvalue weighted by Crippen LogP contribution is 2.32. The van der Waals surface area contributed by atoms with Crippen LogP contribution < -0.4 is 15.2 Å². The number of hydrogen-bond acceptors (Lipinski definition) is 4. The minimum Gasteiger partial charge on any atom is -0.494 e. The molecule has 5 nitrogen and oxygen atoms in total. The van der Waals surface area contributed by atoms with Gasteiger partial charge in [-0.2, -0.15) is 0 Å². The van der Waals surface area contributed by atoms with Crippen LogP contribution in [0, 0.1) is 0 Å². The molecular weight excluding hydrogens is 276 g/mol. The van der Waals surface area contributed by atoms with Crippen LogP contribution in [0.1, 0.15) is 32.6 Å². The summed E-state index contributed by atoms with van der Waals surface area (Å²) in [6, 6.07) is 6.49. The SMILES string of the molecule is CC1(NS(=O)(=O)c2ccc(OCCCN)cc2)CCC1. The lowest BCUT2D eigenvalue weighted by molar-refractivity contribution is 0.248. The summed E-state index contributed by atoms with van der Waals surface area (Å²) in [5, 5.41) is 0. The number of ether oxygens (including phenoxy) is 1. The minimum atomic E-state index is -3.45. The maximum absolute atomic E-state index is 12.2. The van der Waals surface area contributed by atoms with Gasteiger partial charge in [-0.15, -0.1) is 0 Å². The van der Waals surface area contributed by atoms with E-state index in [9.17, 15) is 8.42 Å². The molecule has 1 saturated carbocycles. The molecule has 1 aliphatic rings. The lowest BCUT2D eigenvalue weighted by atomic mass is 9.80. The molecule has 6 heteroatoms. The quantitative estimate of drug-likeness (QED) is 0.750. The van der Waals surface area contributed by atoms with Gasteiger partial charge in [0, 0.05) is 5.54 Å². The third kappa shape index (κ3) is 3.71. The predicted octanol–water partition coefficient (Wildman–Crippen LogP) is 1.64. The zero-order chi connectivity index (χ0) is 14.6. The smallest absolute Gasteiger partial charge is 0.241 e. The molecule has 0 spiro atoms. The molecule has 0 unspecified atom stereocenters. The second-order valence-corrected chi connectivity index (χ2v) is 7.16. The van der Waals surface area contributed by atoms with Gasteiger partial charge in [-0.1, -0.05) is 0 Å². The first kappa shape index (κ1) is 15.3. The van der Waals surface area contributed by atoms with E-state index in [0.29, 0.717) is 18.9 Å². The average molecular weight is 298 g/mol. The van der Waals surface area contributed by atoms with Crippen molar-refractivity contribution in [2.24, 2.45) is 5.73 Å². The molecule has 0 radical (unpaired) electrons. The van der Waals surface area contributed by atoms with Crippen molar-refractivity contribution in [3.63, 3.8) is 0 Å². The molecule has 1 aromatic rings. The Bertz CT molecular complexity index is 536. The zero-order valence-corrected chi connectivity index (χ0v) is 12.6. The van der Waals surface area contributed by atoms with Crippen molar-refractivity contribution in [1.29, 1.82) is 0 Å². The molecular formula is C14H22N2O3S. The first-order valence-electron chi connectivity index (χ1n) is 6.92. The summed E-state index contributed by atoms with van der Waals surface area (Å²) in [7, 11) is -3.45. The Labute approximate surface area is 120 Å². The predicted molar refractivity (Wildman–Crippen MR) is 78.2 cm³/mol. The Hall–Kier alpha value is -1.11. The molecule has 0 atom stereocenters. The van der Waals surface area contributed by atoms with Crippen molar-refractivity contribution in [2.75, 3.05) is 13.2 Å². The molecule has 112 valence electrons. The summed E-state index contributed by atoms with van der Waals surface area (Å²) in [4.78, 5) is 0.275. The molecule has 0 bridgehead atoms. The van der Waals surface area contributed by atoms with Crippen molar-refractivity contribution in [1.82, 2.24) is 4.72 Å². The molecule has 3 N–H and O–H groups in total. The van der Waals surface area contributed by atoms with Crippen LogP contribution in [0.15, 0.2) is 29.2 Å². The van der Waals surface area contributed by atoms with E-state index in [1.165, 1.54) is 0 Å². The fourth-order valence-corrected chi connectivity index (χ4v) is 3.65. The van der Waals surface area contributed by atoms with Gasteiger partial charge in [0.2, 0.25) is 10.0 Å². The van der Waals surface area contributed by atoms with Gasteiger partial charge < -0.3 is 10.5 Å². The number of nitrogens with two attached hydrogens (primary N) is 1. The Balaban J connectivity index is 2.01. The molecule has 2 rings (SSSR count). The van der Waals surface area contributed by atoms with Gasteiger partial charge in [0.25, 0.3) is 0 Å². The van der Waals surface area contributed by atoms with Crippen molar-refractivity contribution in [3.8, 4) is 5.75 Å². The van der Waals surface area contributed by atoms with Gasteiger partial charge in [-0.25, -0.2) is 13.1 Å². The monoisotopic (exact) mass is 298 g/mol. The molecule has 1 aromatic carbocycles. The van der Waals surface area contributed by atoms with Gasteiger partial charge in [0.15, 0.2) is 0 Å². The highest BCUT2D eigenvalue weighted by Gasteiger charge is 2.36. The van der Waals surface area contributed by atoms with E-state index < -0.39 is 10.0 Å². The van der Waals surface area contributed by atoms with E-state index in [0.717, 1.165) is 25.7 Å². The van der Waals surface area contributed by atoms with Crippen LogP contribution in [-0.4, -0.2) is 27.1 Å². The van der Waals surface area contributed by atoms with E-state index in [1.807, 2.05) is 6.92 Å². The lowest BCUT2D eigenvalue weighted by Gasteiger charge is -2.38. The van der Waals surface area contributed by atoms with Crippen molar-refractivity contribution in [3.05, 3.63) is 24.3 Å². The van der Waals surface area contributed by atoms with E-state index >= 15 is 0 Å². The molecule has 0 aromatic heterocycles.